The number of hydrogen-bond acceptors (Lipinski definition) is 6. The Balaban J connectivity index is 1.27. The first-order valence-electron chi connectivity index (χ1n) is 11.8. The zero-order valence-electron chi connectivity index (χ0n) is 20.5. The lowest BCUT2D eigenvalue weighted by Gasteiger charge is -2.10. The lowest BCUT2D eigenvalue weighted by molar-refractivity contribution is -0.118. The molecule has 1 N–H and O–H groups in total. The number of carbonyl (C=O) groups excluding carboxylic acids is 1. The van der Waals surface area contributed by atoms with Crippen molar-refractivity contribution in [2.75, 3.05) is 5.75 Å². The van der Waals surface area contributed by atoms with Gasteiger partial charge in [-0.2, -0.15) is 5.10 Å². The average Bonchev–Trinajstić information content (AvgIpc) is 3.40. The summed E-state index contributed by atoms with van der Waals surface area (Å²) < 4.78 is 1.90. The molecule has 0 radical (unpaired) electrons. The van der Waals surface area contributed by atoms with Crippen molar-refractivity contribution in [2.45, 2.75) is 12.1 Å². The number of benzene rings is 3. The number of thioether (sulfide) groups is 1. The minimum Gasteiger partial charge on any atom is -0.272 e. The highest BCUT2D eigenvalue weighted by Gasteiger charge is 2.17. The Morgan fingerprint density at radius 3 is 2.26 bits per heavy atom. The van der Waals surface area contributed by atoms with E-state index in [1.165, 1.54) is 11.8 Å². The van der Waals surface area contributed by atoms with Crippen LogP contribution in [0.15, 0.2) is 114 Å². The molecule has 2 heterocycles. The monoisotopic (exact) mass is 538 g/mol. The minimum atomic E-state index is -0.244. The Hall–Kier alpha value is -4.27. The molecule has 0 fully saturated rings. The van der Waals surface area contributed by atoms with Crippen molar-refractivity contribution in [3.8, 4) is 28.2 Å². The fraction of sp³-hybridized carbons (Fsp3) is 0.0690. The first-order chi connectivity index (χ1) is 18.6. The van der Waals surface area contributed by atoms with Gasteiger partial charge in [0.05, 0.1) is 11.5 Å². The molecule has 0 bridgehead atoms. The van der Waals surface area contributed by atoms with E-state index in [1.54, 1.807) is 24.5 Å². The highest BCUT2D eigenvalue weighted by atomic mass is 35.5. The highest BCUT2D eigenvalue weighted by molar-refractivity contribution is 7.99. The van der Waals surface area contributed by atoms with Gasteiger partial charge in [-0.3, -0.25) is 14.3 Å². The summed E-state index contributed by atoms with van der Waals surface area (Å²) in [6, 6.07) is 29.4. The molecular weight excluding hydrogens is 516 g/mol. The van der Waals surface area contributed by atoms with Crippen molar-refractivity contribution in [3.63, 3.8) is 0 Å². The van der Waals surface area contributed by atoms with Crippen LogP contribution in [0.5, 0.6) is 0 Å². The van der Waals surface area contributed by atoms with Crippen LogP contribution in [0.4, 0.5) is 0 Å². The molecule has 7 nitrogen and oxygen atoms in total. The fourth-order valence-electron chi connectivity index (χ4n) is 3.78. The molecule has 5 aromatic rings. The fourth-order valence-corrected chi connectivity index (χ4v) is 4.65. The van der Waals surface area contributed by atoms with Gasteiger partial charge in [-0.05, 0) is 60.0 Å². The number of nitrogens with zero attached hydrogens (tertiary/aromatic N) is 5. The molecule has 0 unspecified atom stereocenters. The summed E-state index contributed by atoms with van der Waals surface area (Å²) in [4.78, 5) is 16.7. The summed E-state index contributed by atoms with van der Waals surface area (Å²) in [6.45, 7) is 1.86. The van der Waals surface area contributed by atoms with Crippen molar-refractivity contribution in [1.29, 1.82) is 0 Å². The summed E-state index contributed by atoms with van der Waals surface area (Å²) in [7, 11) is 0. The second-order valence-corrected chi connectivity index (χ2v) is 9.70. The Kier molecular flexibility index (Phi) is 7.92. The SMILES string of the molecule is CC(=NNC(=O)CSc1nnc(-c2ccncc2)n1-c1ccc(Cl)cc1)c1ccc(-c2ccccc2)cc1. The number of nitrogens with one attached hydrogen (secondary N) is 1. The van der Waals surface area contributed by atoms with Crippen LogP contribution in [-0.2, 0) is 4.79 Å². The largest absolute Gasteiger partial charge is 0.272 e. The number of carbonyl (C=O) groups is 1. The summed E-state index contributed by atoms with van der Waals surface area (Å²) in [5.41, 5.74) is 8.26. The molecule has 2 aromatic heterocycles. The molecular formula is C29H23ClN6OS. The Morgan fingerprint density at radius 1 is 0.868 bits per heavy atom. The van der Waals surface area contributed by atoms with Crippen LogP contribution in [0.25, 0.3) is 28.2 Å². The number of pyridine rings is 1. The molecule has 0 aliphatic carbocycles. The van der Waals surface area contributed by atoms with Crippen molar-refractivity contribution in [3.05, 3.63) is 114 Å². The number of amides is 1. The molecule has 0 aliphatic rings. The third-order valence-electron chi connectivity index (χ3n) is 5.75. The number of hydrazone groups is 1. The van der Waals surface area contributed by atoms with Crippen LogP contribution in [0.2, 0.25) is 5.02 Å². The molecule has 38 heavy (non-hydrogen) atoms. The minimum absolute atomic E-state index is 0.117. The molecule has 3 aromatic carbocycles. The quantitative estimate of drug-likeness (QED) is 0.143. The molecule has 9 heteroatoms. The van der Waals surface area contributed by atoms with Gasteiger partial charge in [0.15, 0.2) is 11.0 Å². The molecule has 0 saturated heterocycles. The van der Waals surface area contributed by atoms with Gasteiger partial charge in [-0.15, -0.1) is 10.2 Å². The highest BCUT2D eigenvalue weighted by Crippen LogP contribution is 2.28. The molecule has 0 atom stereocenters. The van der Waals surface area contributed by atoms with Crippen molar-refractivity contribution in [2.24, 2.45) is 5.10 Å². The normalized spacial score (nSPS) is 11.4. The van der Waals surface area contributed by atoms with Gasteiger partial charge >= 0.3 is 0 Å². The second-order valence-electron chi connectivity index (χ2n) is 8.32. The first-order valence-corrected chi connectivity index (χ1v) is 13.2. The van der Waals surface area contributed by atoms with Crippen LogP contribution in [0.1, 0.15) is 12.5 Å². The van der Waals surface area contributed by atoms with Crippen molar-refractivity contribution in [1.82, 2.24) is 25.2 Å². The van der Waals surface area contributed by atoms with Gasteiger partial charge in [0.1, 0.15) is 0 Å². The summed E-state index contributed by atoms with van der Waals surface area (Å²) in [5.74, 6) is 0.517. The standard InChI is InChI=1S/C29H23ClN6OS/c1-20(21-7-9-23(10-8-21)22-5-3-2-4-6-22)32-33-27(37)19-38-29-35-34-28(24-15-17-31-18-16-24)36(29)26-13-11-25(30)12-14-26/h2-18H,19H2,1H3,(H,33,37). The molecule has 188 valence electrons. The summed E-state index contributed by atoms with van der Waals surface area (Å²) in [6.07, 6.45) is 3.40. The van der Waals surface area contributed by atoms with Gasteiger partial charge in [-0.1, -0.05) is 78.0 Å². The van der Waals surface area contributed by atoms with E-state index in [2.05, 4.69) is 37.8 Å². The molecule has 5 rings (SSSR count). The number of rotatable bonds is 8. The number of halogens is 1. The predicted molar refractivity (Wildman–Crippen MR) is 153 cm³/mol. The second kappa shape index (κ2) is 11.9. The lowest BCUT2D eigenvalue weighted by Crippen LogP contribution is -2.21. The van der Waals surface area contributed by atoms with Gasteiger partial charge in [0.2, 0.25) is 0 Å². The average molecular weight is 539 g/mol. The Bertz CT molecular complexity index is 1550. The molecule has 0 saturated carbocycles. The van der Waals surface area contributed by atoms with Crippen LogP contribution < -0.4 is 5.43 Å². The van der Waals surface area contributed by atoms with E-state index in [4.69, 9.17) is 11.6 Å². The number of aromatic nitrogens is 4. The van der Waals surface area contributed by atoms with Crippen LogP contribution in [0, 0.1) is 0 Å². The van der Waals surface area contributed by atoms with E-state index >= 15 is 0 Å². The van der Waals surface area contributed by atoms with Gasteiger partial charge < -0.3 is 0 Å². The maximum atomic E-state index is 12.6. The lowest BCUT2D eigenvalue weighted by atomic mass is 10.0. The zero-order valence-corrected chi connectivity index (χ0v) is 22.0. The summed E-state index contributed by atoms with van der Waals surface area (Å²) in [5, 5.41) is 14.2. The zero-order chi connectivity index (χ0) is 26.3. The molecule has 0 aliphatic heterocycles. The Morgan fingerprint density at radius 2 is 1.55 bits per heavy atom. The maximum Gasteiger partial charge on any atom is 0.250 e. The van der Waals surface area contributed by atoms with E-state index < -0.39 is 0 Å². The molecule has 1 amide bonds. The number of hydrogen-bond donors (Lipinski definition) is 1. The van der Waals surface area contributed by atoms with E-state index in [-0.39, 0.29) is 11.7 Å². The van der Waals surface area contributed by atoms with Gasteiger partial charge in [0, 0.05) is 28.7 Å². The summed E-state index contributed by atoms with van der Waals surface area (Å²) >= 11 is 7.37. The van der Waals surface area contributed by atoms with Crippen LogP contribution in [0.3, 0.4) is 0 Å². The van der Waals surface area contributed by atoms with Gasteiger partial charge in [0.25, 0.3) is 5.91 Å². The van der Waals surface area contributed by atoms with Crippen LogP contribution >= 0.6 is 23.4 Å². The first kappa shape index (κ1) is 25.4. The van der Waals surface area contributed by atoms with Crippen LogP contribution in [-0.4, -0.2) is 37.1 Å². The van der Waals surface area contributed by atoms with Gasteiger partial charge in [-0.25, -0.2) is 5.43 Å². The Labute approximate surface area is 229 Å². The molecule has 0 spiro atoms. The third-order valence-corrected chi connectivity index (χ3v) is 6.93. The maximum absolute atomic E-state index is 12.6. The third kappa shape index (κ3) is 5.99. The van der Waals surface area contributed by atoms with E-state index in [1.807, 2.05) is 78.2 Å². The van der Waals surface area contributed by atoms with Crippen molar-refractivity contribution >= 4 is 35.0 Å². The van der Waals surface area contributed by atoms with E-state index in [9.17, 15) is 4.79 Å². The smallest absolute Gasteiger partial charge is 0.250 e. The van der Waals surface area contributed by atoms with E-state index in [0.717, 1.165) is 27.9 Å². The van der Waals surface area contributed by atoms with E-state index in [0.29, 0.717) is 21.7 Å². The predicted octanol–water partition coefficient (Wildman–Crippen LogP) is 6.28. The topological polar surface area (TPSA) is 85.1 Å². The van der Waals surface area contributed by atoms with Crippen molar-refractivity contribution < 1.29 is 4.79 Å².